The normalized spacial score (nSPS) is 10.8. The van der Waals surface area contributed by atoms with E-state index in [0.717, 1.165) is 11.3 Å². The van der Waals surface area contributed by atoms with E-state index in [-0.39, 0.29) is 0 Å². The Morgan fingerprint density at radius 1 is 1.33 bits per heavy atom. The molecule has 0 aliphatic carbocycles. The highest BCUT2D eigenvalue weighted by molar-refractivity contribution is 7.80. The van der Waals surface area contributed by atoms with Crippen molar-refractivity contribution in [2.24, 2.45) is 0 Å². The SMILES string of the molecule is SCC=Cc1ccccc1CCl. The minimum atomic E-state index is 0.563. The van der Waals surface area contributed by atoms with Crippen LogP contribution in [0.5, 0.6) is 0 Å². The summed E-state index contributed by atoms with van der Waals surface area (Å²) in [6.45, 7) is 0. The molecular weight excluding hydrogens is 188 g/mol. The zero-order chi connectivity index (χ0) is 8.81. The number of hydrogen-bond donors (Lipinski definition) is 1. The van der Waals surface area contributed by atoms with Gasteiger partial charge in [-0.15, -0.1) is 11.6 Å². The molecule has 0 atom stereocenters. The topological polar surface area (TPSA) is 0 Å². The Labute approximate surface area is 83.7 Å². The van der Waals surface area contributed by atoms with Crippen LogP contribution in [0.2, 0.25) is 0 Å². The molecular formula is C10H11ClS. The average Bonchev–Trinajstić information content (AvgIpc) is 2.15. The van der Waals surface area contributed by atoms with Gasteiger partial charge in [0.25, 0.3) is 0 Å². The van der Waals surface area contributed by atoms with E-state index in [2.05, 4.69) is 18.7 Å². The molecule has 12 heavy (non-hydrogen) atoms. The van der Waals surface area contributed by atoms with Crippen molar-refractivity contribution in [1.82, 2.24) is 0 Å². The minimum Gasteiger partial charge on any atom is -0.175 e. The van der Waals surface area contributed by atoms with E-state index < -0.39 is 0 Å². The third kappa shape index (κ3) is 2.58. The lowest BCUT2D eigenvalue weighted by Crippen LogP contribution is -1.82. The summed E-state index contributed by atoms with van der Waals surface area (Å²) in [7, 11) is 0. The van der Waals surface area contributed by atoms with E-state index in [9.17, 15) is 0 Å². The summed E-state index contributed by atoms with van der Waals surface area (Å²) in [6, 6.07) is 8.09. The smallest absolute Gasteiger partial charge is 0.0479 e. The highest BCUT2D eigenvalue weighted by Gasteiger charge is 1.94. The van der Waals surface area contributed by atoms with Crippen LogP contribution in [0.25, 0.3) is 6.08 Å². The molecule has 64 valence electrons. The molecule has 0 nitrogen and oxygen atoms in total. The van der Waals surface area contributed by atoms with Gasteiger partial charge >= 0.3 is 0 Å². The van der Waals surface area contributed by atoms with Crippen LogP contribution in [0.4, 0.5) is 0 Å². The minimum absolute atomic E-state index is 0.563. The summed E-state index contributed by atoms with van der Waals surface area (Å²) in [5.74, 6) is 1.32. The molecule has 1 aromatic carbocycles. The van der Waals surface area contributed by atoms with Crippen molar-refractivity contribution in [3.63, 3.8) is 0 Å². The molecule has 1 rings (SSSR count). The lowest BCUT2D eigenvalue weighted by molar-refractivity contribution is 1.38. The van der Waals surface area contributed by atoms with Crippen LogP contribution >= 0.6 is 24.2 Å². The van der Waals surface area contributed by atoms with Gasteiger partial charge in [-0.05, 0) is 11.1 Å². The molecule has 0 bridgehead atoms. The molecule has 0 amide bonds. The van der Waals surface area contributed by atoms with Crippen LogP contribution in [-0.2, 0) is 5.88 Å². The standard InChI is InChI=1S/C10H11ClS/c11-8-10-5-2-1-4-9(10)6-3-7-12/h1-6,12H,7-8H2. The summed E-state index contributed by atoms with van der Waals surface area (Å²) < 4.78 is 0. The van der Waals surface area contributed by atoms with Crippen molar-refractivity contribution in [3.8, 4) is 0 Å². The van der Waals surface area contributed by atoms with Crippen molar-refractivity contribution in [2.45, 2.75) is 5.88 Å². The van der Waals surface area contributed by atoms with Crippen molar-refractivity contribution >= 4 is 30.3 Å². The molecule has 0 spiro atoms. The first-order valence-corrected chi connectivity index (χ1v) is 4.96. The molecule has 0 saturated carbocycles. The molecule has 0 saturated heterocycles. The predicted molar refractivity (Wildman–Crippen MR) is 58.9 cm³/mol. The summed E-state index contributed by atoms with van der Waals surface area (Å²) in [5.41, 5.74) is 2.35. The quantitative estimate of drug-likeness (QED) is 0.559. The molecule has 0 aliphatic rings. The Morgan fingerprint density at radius 3 is 2.75 bits per heavy atom. The van der Waals surface area contributed by atoms with Crippen LogP contribution in [0, 0.1) is 0 Å². The second-order valence-corrected chi connectivity index (χ2v) is 3.05. The zero-order valence-electron chi connectivity index (χ0n) is 6.70. The van der Waals surface area contributed by atoms with Gasteiger partial charge in [-0.25, -0.2) is 0 Å². The molecule has 0 unspecified atom stereocenters. The lowest BCUT2D eigenvalue weighted by atomic mass is 10.1. The summed E-state index contributed by atoms with van der Waals surface area (Å²) >= 11 is 9.85. The number of benzene rings is 1. The van der Waals surface area contributed by atoms with Crippen molar-refractivity contribution in [1.29, 1.82) is 0 Å². The third-order valence-electron chi connectivity index (χ3n) is 1.60. The van der Waals surface area contributed by atoms with Crippen molar-refractivity contribution in [2.75, 3.05) is 5.75 Å². The highest BCUT2D eigenvalue weighted by atomic mass is 35.5. The zero-order valence-corrected chi connectivity index (χ0v) is 8.35. The predicted octanol–water partition coefficient (Wildman–Crippen LogP) is 3.37. The van der Waals surface area contributed by atoms with Gasteiger partial charge in [-0.2, -0.15) is 12.6 Å². The van der Waals surface area contributed by atoms with E-state index in [1.165, 1.54) is 5.56 Å². The van der Waals surface area contributed by atoms with Gasteiger partial charge in [0, 0.05) is 11.6 Å². The van der Waals surface area contributed by atoms with Crippen LogP contribution < -0.4 is 0 Å². The number of thiol groups is 1. The Kier molecular flexibility index (Phi) is 4.26. The van der Waals surface area contributed by atoms with Crippen LogP contribution in [0.3, 0.4) is 0 Å². The molecule has 0 aromatic heterocycles. The molecule has 0 N–H and O–H groups in total. The monoisotopic (exact) mass is 198 g/mol. The number of alkyl halides is 1. The van der Waals surface area contributed by atoms with Crippen LogP contribution in [-0.4, -0.2) is 5.75 Å². The molecule has 0 radical (unpaired) electrons. The Balaban J connectivity index is 2.89. The van der Waals surface area contributed by atoms with Gasteiger partial charge in [0.05, 0.1) is 0 Å². The number of hydrogen-bond acceptors (Lipinski definition) is 1. The maximum absolute atomic E-state index is 5.76. The van der Waals surface area contributed by atoms with Crippen molar-refractivity contribution in [3.05, 3.63) is 41.5 Å². The second kappa shape index (κ2) is 5.28. The summed E-state index contributed by atoms with van der Waals surface area (Å²) in [6.07, 6.45) is 4.05. The Morgan fingerprint density at radius 2 is 2.08 bits per heavy atom. The van der Waals surface area contributed by atoms with E-state index in [1.807, 2.05) is 30.4 Å². The van der Waals surface area contributed by atoms with Gasteiger partial charge in [0.15, 0.2) is 0 Å². The lowest BCUT2D eigenvalue weighted by Gasteiger charge is -1.99. The maximum Gasteiger partial charge on any atom is 0.0479 e. The van der Waals surface area contributed by atoms with Gasteiger partial charge < -0.3 is 0 Å². The van der Waals surface area contributed by atoms with Crippen LogP contribution in [0.1, 0.15) is 11.1 Å². The number of halogens is 1. The largest absolute Gasteiger partial charge is 0.175 e. The fraction of sp³-hybridized carbons (Fsp3) is 0.200. The van der Waals surface area contributed by atoms with Gasteiger partial charge in [0.2, 0.25) is 0 Å². The maximum atomic E-state index is 5.76. The fourth-order valence-electron chi connectivity index (χ4n) is 0.998. The molecule has 2 heteroatoms. The first-order valence-electron chi connectivity index (χ1n) is 3.79. The van der Waals surface area contributed by atoms with Gasteiger partial charge in [-0.1, -0.05) is 36.4 Å². The Hall–Kier alpha value is -0.400. The van der Waals surface area contributed by atoms with E-state index >= 15 is 0 Å². The number of rotatable bonds is 3. The first-order chi connectivity index (χ1) is 5.88. The molecule has 0 fully saturated rings. The van der Waals surface area contributed by atoms with Gasteiger partial charge in [-0.3, -0.25) is 0 Å². The van der Waals surface area contributed by atoms with Crippen LogP contribution in [0.15, 0.2) is 30.3 Å². The summed E-state index contributed by atoms with van der Waals surface area (Å²) in [5, 5.41) is 0. The van der Waals surface area contributed by atoms with Gasteiger partial charge in [0.1, 0.15) is 0 Å². The summed E-state index contributed by atoms with van der Waals surface area (Å²) in [4.78, 5) is 0. The third-order valence-corrected chi connectivity index (χ3v) is 2.10. The second-order valence-electron chi connectivity index (χ2n) is 2.42. The van der Waals surface area contributed by atoms with E-state index in [1.54, 1.807) is 0 Å². The average molecular weight is 199 g/mol. The first kappa shape index (κ1) is 9.69. The van der Waals surface area contributed by atoms with E-state index in [4.69, 9.17) is 11.6 Å². The highest BCUT2D eigenvalue weighted by Crippen LogP contribution is 2.12. The molecule has 1 aromatic rings. The van der Waals surface area contributed by atoms with E-state index in [0.29, 0.717) is 5.88 Å². The van der Waals surface area contributed by atoms with Crippen molar-refractivity contribution < 1.29 is 0 Å². The molecule has 0 aliphatic heterocycles. The molecule has 0 heterocycles. The fourth-order valence-corrected chi connectivity index (χ4v) is 1.35. The Bertz CT molecular complexity index is 268.